The number of hydrogen-bond acceptors (Lipinski definition) is 1. The third-order valence-electron chi connectivity index (χ3n) is 5.52. The number of halogens is 1. The van der Waals surface area contributed by atoms with Gasteiger partial charge in [-0.05, 0) is 68.1 Å². The van der Waals surface area contributed by atoms with Crippen molar-refractivity contribution < 1.29 is 4.74 Å². The Morgan fingerprint density at radius 1 is 1.11 bits per heavy atom. The van der Waals surface area contributed by atoms with E-state index in [4.69, 9.17) is 4.74 Å². The van der Waals surface area contributed by atoms with Gasteiger partial charge in [0.1, 0.15) is 5.01 Å². The molecule has 4 rings (SSSR count). The lowest BCUT2D eigenvalue weighted by Gasteiger charge is -2.56. The predicted molar refractivity (Wildman–Crippen MR) is 78.8 cm³/mol. The van der Waals surface area contributed by atoms with Gasteiger partial charge in [-0.15, -0.1) is 0 Å². The number of hydrogen-bond donors (Lipinski definition) is 0. The molecule has 4 aliphatic rings. The molecule has 4 bridgehead atoms. The molecule has 1 unspecified atom stereocenters. The average molecular weight is 315 g/mol. The van der Waals surface area contributed by atoms with Crippen molar-refractivity contribution in [2.75, 3.05) is 6.61 Å². The SMILES string of the molecule is CCCCC(Br)OCC12CC3CC(CC(C3)C1)C2. The van der Waals surface area contributed by atoms with Gasteiger partial charge in [0, 0.05) is 0 Å². The van der Waals surface area contributed by atoms with Crippen molar-refractivity contribution in [2.45, 2.75) is 69.7 Å². The van der Waals surface area contributed by atoms with E-state index in [1.807, 2.05) is 0 Å². The highest BCUT2D eigenvalue weighted by Gasteiger charge is 2.50. The molecule has 0 aliphatic heterocycles. The summed E-state index contributed by atoms with van der Waals surface area (Å²) in [7, 11) is 0. The van der Waals surface area contributed by atoms with Crippen LogP contribution in [-0.4, -0.2) is 11.6 Å². The maximum atomic E-state index is 6.15. The van der Waals surface area contributed by atoms with Gasteiger partial charge in [0.15, 0.2) is 0 Å². The van der Waals surface area contributed by atoms with Crippen molar-refractivity contribution in [1.82, 2.24) is 0 Å². The van der Waals surface area contributed by atoms with E-state index in [1.165, 1.54) is 57.8 Å². The number of ether oxygens (including phenoxy) is 1. The van der Waals surface area contributed by atoms with Crippen LogP contribution in [0.4, 0.5) is 0 Å². The topological polar surface area (TPSA) is 9.23 Å². The van der Waals surface area contributed by atoms with Gasteiger partial charge in [-0.2, -0.15) is 0 Å². The number of alkyl halides is 1. The highest BCUT2D eigenvalue weighted by atomic mass is 79.9. The quantitative estimate of drug-likeness (QED) is 0.617. The predicted octanol–water partition coefficient (Wildman–Crippen LogP) is 5.13. The molecule has 18 heavy (non-hydrogen) atoms. The molecule has 2 heteroatoms. The highest BCUT2D eigenvalue weighted by Crippen LogP contribution is 2.60. The van der Waals surface area contributed by atoms with E-state index in [9.17, 15) is 0 Å². The largest absolute Gasteiger partial charge is 0.366 e. The van der Waals surface area contributed by atoms with Crippen LogP contribution in [0.5, 0.6) is 0 Å². The highest BCUT2D eigenvalue weighted by molar-refractivity contribution is 9.09. The van der Waals surface area contributed by atoms with E-state index >= 15 is 0 Å². The van der Waals surface area contributed by atoms with Crippen molar-refractivity contribution in [1.29, 1.82) is 0 Å². The summed E-state index contributed by atoms with van der Waals surface area (Å²) in [6.45, 7) is 3.27. The van der Waals surface area contributed by atoms with E-state index in [0.29, 0.717) is 10.4 Å². The molecule has 0 spiro atoms. The van der Waals surface area contributed by atoms with Gasteiger partial charge in [0.25, 0.3) is 0 Å². The molecule has 0 N–H and O–H groups in total. The molecule has 4 saturated carbocycles. The lowest BCUT2D eigenvalue weighted by atomic mass is 9.50. The summed E-state index contributed by atoms with van der Waals surface area (Å²) in [5.41, 5.74) is 0.576. The summed E-state index contributed by atoms with van der Waals surface area (Å²) < 4.78 is 6.15. The van der Waals surface area contributed by atoms with Crippen molar-refractivity contribution in [3.63, 3.8) is 0 Å². The van der Waals surface area contributed by atoms with Crippen LogP contribution < -0.4 is 0 Å². The first-order chi connectivity index (χ1) is 8.69. The zero-order chi connectivity index (χ0) is 12.6. The first-order valence-electron chi connectivity index (χ1n) is 7.95. The second-order valence-electron chi connectivity index (χ2n) is 7.28. The summed E-state index contributed by atoms with van der Waals surface area (Å²) in [6.07, 6.45) is 12.7. The zero-order valence-corrected chi connectivity index (χ0v) is 13.3. The summed E-state index contributed by atoms with van der Waals surface area (Å²) in [5.74, 6) is 3.14. The lowest BCUT2D eigenvalue weighted by molar-refractivity contribution is -0.100. The zero-order valence-electron chi connectivity index (χ0n) is 11.7. The van der Waals surface area contributed by atoms with Crippen molar-refractivity contribution in [3.8, 4) is 0 Å². The van der Waals surface area contributed by atoms with E-state index in [0.717, 1.165) is 24.4 Å². The second kappa shape index (κ2) is 5.44. The second-order valence-corrected chi connectivity index (χ2v) is 8.30. The Morgan fingerprint density at radius 2 is 1.67 bits per heavy atom. The Bertz CT molecular complexity index is 254. The fourth-order valence-corrected chi connectivity index (χ4v) is 5.64. The maximum absolute atomic E-state index is 6.15. The van der Waals surface area contributed by atoms with E-state index in [-0.39, 0.29) is 0 Å². The van der Waals surface area contributed by atoms with Crippen LogP contribution in [0.15, 0.2) is 0 Å². The van der Waals surface area contributed by atoms with Gasteiger partial charge >= 0.3 is 0 Å². The lowest BCUT2D eigenvalue weighted by Crippen LogP contribution is -2.48. The average Bonchev–Trinajstić information content (AvgIpc) is 2.32. The van der Waals surface area contributed by atoms with Crippen LogP contribution in [0.1, 0.15) is 64.7 Å². The van der Waals surface area contributed by atoms with Gasteiger partial charge in [0.2, 0.25) is 0 Å². The molecule has 1 atom stereocenters. The molecule has 0 aromatic heterocycles. The molecule has 0 heterocycles. The molecule has 4 fully saturated rings. The Labute approximate surface area is 120 Å². The van der Waals surface area contributed by atoms with Crippen LogP contribution in [0.2, 0.25) is 0 Å². The van der Waals surface area contributed by atoms with Crippen molar-refractivity contribution in [3.05, 3.63) is 0 Å². The smallest absolute Gasteiger partial charge is 0.112 e. The Kier molecular flexibility index (Phi) is 4.06. The number of unbranched alkanes of at least 4 members (excludes halogenated alkanes) is 1. The minimum atomic E-state index is 0.297. The normalized spacial score (nSPS) is 43.3. The minimum Gasteiger partial charge on any atom is -0.366 e. The Hall–Kier alpha value is 0.440. The molecule has 4 aliphatic carbocycles. The monoisotopic (exact) mass is 314 g/mol. The van der Waals surface area contributed by atoms with Gasteiger partial charge in [-0.25, -0.2) is 0 Å². The van der Waals surface area contributed by atoms with Crippen LogP contribution in [-0.2, 0) is 4.74 Å². The third-order valence-corrected chi connectivity index (χ3v) is 6.24. The van der Waals surface area contributed by atoms with Gasteiger partial charge in [-0.1, -0.05) is 35.7 Å². The molecule has 0 amide bonds. The van der Waals surface area contributed by atoms with Gasteiger partial charge in [-0.3, -0.25) is 0 Å². The van der Waals surface area contributed by atoms with E-state index < -0.39 is 0 Å². The van der Waals surface area contributed by atoms with E-state index in [1.54, 1.807) is 0 Å². The van der Waals surface area contributed by atoms with Crippen LogP contribution in [0, 0.1) is 23.2 Å². The first kappa shape index (κ1) is 13.4. The van der Waals surface area contributed by atoms with Crippen LogP contribution in [0.3, 0.4) is 0 Å². The number of rotatable bonds is 6. The summed E-state index contributed by atoms with van der Waals surface area (Å²) >= 11 is 3.70. The fraction of sp³-hybridized carbons (Fsp3) is 1.00. The molecule has 0 aromatic carbocycles. The molecular weight excluding hydrogens is 288 g/mol. The Balaban J connectivity index is 1.52. The van der Waals surface area contributed by atoms with Crippen molar-refractivity contribution in [2.24, 2.45) is 23.2 Å². The summed E-state index contributed by atoms with van der Waals surface area (Å²) in [5, 5.41) is 0.297. The molecule has 0 saturated heterocycles. The fourth-order valence-electron chi connectivity index (χ4n) is 5.18. The maximum Gasteiger partial charge on any atom is 0.112 e. The van der Waals surface area contributed by atoms with Crippen LogP contribution in [0.25, 0.3) is 0 Å². The summed E-state index contributed by atoms with van der Waals surface area (Å²) in [6, 6.07) is 0. The standard InChI is InChI=1S/C16H27BrO/c1-2-3-4-15(17)18-11-16-8-12-5-13(9-16)7-14(6-12)10-16/h12-15H,2-11H2,1H3. The van der Waals surface area contributed by atoms with E-state index in [2.05, 4.69) is 22.9 Å². The minimum absolute atomic E-state index is 0.297. The third kappa shape index (κ3) is 2.80. The Morgan fingerprint density at radius 3 is 2.17 bits per heavy atom. The van der Waals surface area contributed by atoms with Crippen molar-refractivity contribution >= 4 is 15.9 Å². The van der Waals surface area contributed by atoms with Gasteiger partial charge < -0.3 is 4.74 Å². The molecule has 0 aromatic rings. The molecular formula is C16H27BrO. The molecule has 104 valence electrons. The van der Waals surface area contributed by atoms with Gasteiger partial charge in [0.05, 0.1) is 6.61 Å². The first-order valence-corrected chi connectivity index (χ1v) is 8.86. The molecule has 1 nitrogen and oxygen atoms in total. The molecule has 0 radical (unpaired) electrons. The van der Waals surface area contributed by atoms with Crippen LogP contribution >= 0.6 is 15.9 Å². The summed E-state index contributed by atoms with van der Waals surface area (Å²) in [4.78, 5) is 0.